The SMILES string of the molecule is CCC1(CC)c2cc(C#N)ccc2N2C=CN(C)C2C1CCc1cc(C#N)ccc1N1C=CN(C)C1C. The van der Waals surface area contributed by atoms with Gasteiger partial charge in [0.1, 0.15) is 12.3 Å². The minimum Gasteiger partial charge on any atom is -0.359 e. The molecule has 3 atom stereocenters. The summed E-state index contributed by atoms with van der Waals surface area (Å²) in [6.45, 7) is 6.79. The van der Waals surface area contributed by atoms with Crippen LogP contribution in [0.2, 0.25) is 0 Å². The molecule has 0 aliphatic carbocycles. The molecule has 190 valence electrons. The van der Waals surface area contributed by atoms with Crippen LogP contribution >= 0.6 is 0 Å². The molecule has 0 spiro atoms. The Kier molecular flexibility index (Phi) is 6.38. The highest BCUT2D eigenvalue weighted by molar-refractivity contribution is 5.66. The van der Waals surface area contributed by atoms with Crippen molar-refractivity contribution in [3.63, 3.8) is 0 Å². The predicted octanol–water partition coefficient (Wildman–Crippen LogP) is 5.87. The molecule has 0 saturated carbocycles. The zero-order valence-electron chi connectivity index (χ0n) is 22.5. The molecule has 6 heteroatoms. The molecular weight excluding hydrogens is 456 g/mol. The summed E-state index contributed by atoms with van der Waals surface area (Å²) in [5, 5.41) is 19.4. The van der Waals surface area contributed by atoms with Gasteiger partial charge in [-0.3, -0.25) is 0 Å². The van der Waals surface area contributed by atoms with Gasteiger partial charge in [-0.05, 0) is 80.1 Å². The highest BCUT2D eigenvalue weighted by Crippen LogP contribution is 2.54. The van der Waals surface area contributed by atoms with E-state index in [9.17, 15) is 10.5 Å². The summed E-state index contributed by atoms with van der Waals surface area (Å²) in [5.41, 5.74) is 6.28. The molecule has 0 amide bonds. The van der Waals surface area contributed by atoms with Gasteiger partial charge in [0, 0.05) is 61.6 Å². The van der Waals surface area contributed by atoms with E-state index in [-0.39, 0.29) is 17.7 Å². The number of anilines is 2. The number of benzene rings is 2. The number of aryl methyl sites for hydroxylation is 1. The van der Waals surface area contributed by atoms with Gasteiger partial charge in [0.2, 0.25) is 0 Å². The second-order valence-electron chi connectivity index (χ2n) is 10.6. The third kappa shape index (κ3) is 3.83. The van der Waals surface area contributed by atoms with Crippen LogP contribution in [0.1, 0.15) is 62.3 Å². The van der Waals surface area contributed by atoms with Gasteiger partial charge in [0.25, 0.3) is 0 Å². The molecule has 0 N–H and O–H groups in total. The summed E-state index contributed by atoms with van der Waals surface area (Å²) >= 11 is 0. The Labute approximate surface area is 221 Å². The van der Waals surface area contributed by atoms with Gasteiger partial charge in [0.05, 0.1) is 23.3 Å². The normalized spacial score (nSPS) is 23.2. The molecule has 2 aromatic rings. The summed E-state index contributed by atoms with van der Waals surface area (Å²) in [6, 6.07) is 17.0. The minimum atomic E-state index is -0.0439. The topological polar surface area (TPSA) is 60.5 Å². The predicted molar refractivity (Wildman–Crippen MR) is 148 cm³/mol. The van der Waals surface area contributed by atoms with Crippen molar-refractivity contribution < 1.29 is 0 Å². The molecule has 3 unspecified atom stereocenters. The second kappa shape index (κ2) is 9.52. The van der Waals surface area contributed by atoms with Gasteiger partial charge in [-0.15, -0.1) is 0 Å². The number of hydrogen-bond donors (Lipinski definition) is 0. The molecule has 37 heavy (non-hydrogen) atoms. The summed E-state index contributed by atoms with van der Waals surface area (Å²) in [4.78, 5) is 9.24. The standard InChI is InChI=1S/C31H36N6/c1-6-31(7-2)26(30-35(5)15-17-37(30)29-13-9-24(21-33)19-27(29)31)11-10-25-18-23(20-32)8-12-28(25)36-16-14-34(4)22(36)3/h8-9,12-19,22,26,30H,6-7,10-11H2,1-5H3. The van der Waals surface area contributed by atoms with Gasteiger partial charge in [-0.25, -0.2) is 0 Å². The fourth-order valence-electron chi connectivity index (χ4n) is 6.87. The van der Waals surface area contributed by atoms with E-state index in [1.165, 1.54) is 22.5 Å². The Morgan fingerprint density at radius 3 is 2.05 bits per heavy atom. The molecule has 5 rings (SSSR count). The molecule has 0 saturated heterocycles. The lowest BCUT2D eigenvalue weighted by molar-refractivity contribution is 0.123. The van der Waals surface area contributed by atoms with Gasteiger partial charge < -0.3 is 19.6 Å². The molecule has 3 aliphatic rings. The molecule has 0 aromatic heterocycles. The fraction of sp³-hybridized carbons (Fsp3) is 0.419. The second-order valence-corrected chi connectivity index (χ2v) is 10.6. The van der Waals surface area contributed by atoms with E-state index in [0.29, 0.717) is 11.5 Å². The van der Waals surface area contributed by atoms with Crippen molar-refractivity contribution in [2.24, 2.45) is 5.92 Å². The largest absolute Gasteiger partial charge is 0.359 e. The van der Waals surface area contributed by atoms with Crippen molar-refractivity contribution in [3.8, 4) is 12.1 Å². The van der Waals surface area contributed by atoms with Crippen molar-refractivity contribution >= 4 is 11.4 Å². The summed E-state index contributed by atoms with van der Waals surface area (Å²) < 4.78 is 0. The molecule has 2 aromatic carbocycles. The molecule has 0 fully saturated rings. The maximum absolute atomic E-state index is 9.70. The number of hydrogen-bond acceptors (Lipinski definition) is 6. The third-order valence-corrected chi connectivity index (χ3v) is 9.10. The lowest BCUT2D eigenvalue weighted by Gasteiger charge is -2.53. The summed E-state index contributed by atoms with van der Waals surface area (Å²) in [5.74, 6) is 0.344. The van der Waals surface area contributed by atoms with Crippen LogP contribution in [0.4, 0.5) is 11.4 Å². The maximum atomic E-state index is 9.70. The van der Waals surface area contributed by atoms with Crippen LogP contribution in [0.25, 0.3) is 0 Å². The Morgan fingerprint density at radius 1 is 0.811 bits per heavy atom. The van der Waals surface area contributed by atoms with Gasteiger partial charge in [0.15, 0.2) is 0 Å². The Bertz CT molecular complexity index is 1320. The van der Waals surface area contributed by atoms with Crippen LogP contribution in [-0.2, 0) is 11.8 Å². The first-order valence-electron chi connectivity index (χ1n) is 13.3. The number of nitriles is 2. The van der Waals surface area contributed by atoms with Crippen molar-refractivity contribution in [1.82, 2.24) is 9.80 Å². The first-order chi connectivity index (χ1) is 17.9. The lowest BCUT2D eigenvalue weighted by Crippen LogP contribution is -2.56. The monoisotopic (exact) mass is 492 g/mol. The smallest absolute Gasteiger partial charge is 0.109 e. The molecule has 6 nitrogen and oxygen atoms in total. The quantitative estimate of drug-likeness (QED) is 0.503. The Balaban J connectivity index is 1.57. The van der Waals surface area contributed by atoms with E-state index in [1.54, 1.807) is 0 Å². The number of rotatable bonds is 6. The lowest BCUT2D eigenvalue weighted by atomic mass is 9.61. The fourth-order valence-corrected chi connectivity index (χ4v) is 6.87. The molecule has 0 radical (unpaired) electrons. The van der Waals surface area contributed by atoms with E-state index in [0.717, 1.165) is 31.2 Å². The van der Waals surface area contributed by atoms with Crippen LogP contribution in [0.3, 0.4) is 0 Å². The van der Waals surface area contributed by atoms with Crippen LogP contribution in [0.5, 0.6) is 0 Å². The van der Waals surface area contributed by atoms with Crippen LogP contribution in [0.15, 0.2) is 61.2 Å². The zero-order chi connectivity index (χ0) is 26.3. The van der Waals surface area contributed by atoms with Gasteiger partial charge in [-0.2, -0.15) is 10.5 Å². The highest BCUT2D eigenvalue weighted by atomic mass is 15.4. The van der Waals surface area contributed by atoms with E-state index in [2.05, 4.69) is 116 Å². The van der Waals surface area contributed by atoms with Crippen molar-refractivity contribution in [3.05, 3.63) is 83.5 Å². The first kappa shape index (κ1) is 24.8. The Morgan fingerprint density at radius 2 is 1.43 bits per heavy atom. The average molecular weight is 493 g/mol. The zero-order valence-corrected chi connectivity index (χ0v) is 22.5. The average Bonchev–Trinajstić information content (AvgIpc) is 3.48. The number of nitrogens with zero attached hydrogens (tertiary/aromatic N) is 6. The van der Waals surface area contributed by atoms with Crippen molar-refractivity contribution in [1.29, 1.82) is 10.5 Å². The third-order valence-electron chi connectivity index (χ3n) is 9.10. The summed E-state index contributed by atoms with van der Waals surface area (Å²) in [6.07, 6.45) is 12.9. The molecule has 0 bridgehead atoms. The minimum absolute atomic E-state index is 0.0439. The highest BCUT2D eigenvalue weighted by Gasteiger charge is 2.51. The maximum Gasteiger partial charge on any atom is 0.109 e. The van der Waals surface area contributed by atoms with Gasteiger partial charge in [-0.1, -0.05) is 13.8 Å². The van der Waals surface area contributed by atoms with Gasteiger partial charge >= 0.3 is 0 Å². The Hall–Kier alpha value is -3.90. The molecule has 3 aliphatic heterocycles. The van der Waals surface area contributed by atoms with Crippen molar-refractivity contribution in [2.75, 3.05) is 23.9 Å². The van der Waals surface area contributed by atoms with Crippen LogP contribution in [0, 0.1) is 28.6 Å². The van der Waals surface area contributed by atoms with Crippen LogP contribution in [-0.4, -0.2) is 36.2 Å². The van der Waals surface area contributed by atoms with Crippen molar-refractivity contribution in [2.45, 2.75) is 64.2 Å². The number of fused-ring (bicyclic) bond motifs is 3. The first-order valence-corrected chi connectivity index (χ1v) is 13.3. The van der Waals surface area contributed by atoms with E-state index in [4.69, 9.17) is 0 Å². The molecular formula is C31H36N6. The van der Waals surface area contributed by atoms with E-state index >= 15 is 0 Å². The van der Waals surface area contributed by atoms with E-state index < -0.39 is 0 Å². The van der Waals surface area contributed by atoms with Crippen LogP contribution < -0.4 is 9.80 Å². The summed E-state index contributed by atoms with van der Waals surface area (Å²) in [7, 11) is 4.26. The van der Waals surface area contributed by atoms with E-state index in [1.807, 2.05) is 12.1 Å². The molecule has 3 heterocycles.